The van der Waals surface area contributed by atoms with Crippen LogP contribution < -0.4 is 20.3 Å². The lowest BCUT2D eigenvalue weighted by Gasteiger charge is -2.30. The van der Waals surface area contributed by atoms with Gasteiger partial charge in [0.05, 0.1) is 25.9 Å². The van der Waals surface area contributed by atoms with Gasteiger partial charge in [-0.3, -0.25) is 0 Å². The summed E-state index contributed by atoms with van der Waals surface area (Å²) in [5, 5.41) is 6.58. The number of ether oxygens (including phenoxy) is 1. The number of piperidine rings is 1. The SMILES string of the molecule is FC(F)(F)Oc1ccc(NC(=S)NC[C@H](c2ccco2)[NH+]2CCCCC2)cc1. The molecule has 5 nitrogen and oxygen atoms in total. The Kier molecular flexibility index (Phi) is 6.79. The van der Waals surface area contributed by atoms with Crippen LogP contribution in [-0.4, -0.2) is 31.1 Å². The van der Waals surface area contributed by atoms with Crippen LogP contribution in [0.5, 0.6) is 5.75 Å². The molecular weight excluding hydrogens is 391 g/mol. The molecule has 1 atom stereocenters. The molecule has 1 aromatic heterocycles. The number of hydrogen-bond acceptors (Lipinski definition) is 3. The van der Waals surface area contributed by atoms with Crippen molar-refractivity contribution in [3.63, 3.8) is 0 Å². The van der Waals surface area contributed by atoms with Crippen LogP contribution >= 0.6 is 12.2 Å². The third-order valence-corrected chi connectivity index (χ3v) is 4.93. The van der Waals surface area contributed by atoms with Gasteiger partial charge in [0, 0.05) is 5.69 Å². The summed E-state index contributed by atoms with van der Waals surface area (Å²) in [4.78, 5) is 1.46. The van der Waals surface area contributed by atoms with E-state index in [4.69, 9.17) is 16.6 Å². The van der Waals surface area contributed by atoms with E-state index >= 15 is 0 Å². The lowest BCUT2D eigenvalue weighted by molar-refractivity contribution is -0.936. The van der Waals surface area contributed by atoms with Gasteiger partial charge in [0.1, 0.15) is 5.75 Å². The van der Waals surface area contributed by atoms with Crippen LogP contribution in [0.1, 0.15) is 31.1 Å². The first-order chi connectivity index (χ1) is 13.4. The van der Waals surface area contributed by atoms with E-state index in [-0.39, 0.29) is 11.8 Å². The zero-order valence-corrected chi connectivity index (χ0v) is 16.0. The molecule has 2 aromatic rings. The number of hydrogen-bond donors (Lipinski definition) is 3. The first-order valence-corrected chi connectivity index (χ1v) is 9.60. The summed E-state index contributed by atoms with van der Waals surface area (Å²) < 4.78 is 46.1. The van der Waals surface area contributed by atoms with Crippen molar-refractivity contribution in [3.05, 3.63) is 48.4 Å². The average Bonchev–Trinajstić information content (AvgIpc) is 3.18. The predicted octanol–water partition coefficient (Wildman–Crippen LogP) is 3.27. The minimum atomic E-state index is -4.70. The van der Waals surface area contributed by atoms with Gasteiger partial charge in [0.2, 0.25) is 0 Å². The minimum absolute atomic E-state index is 0.151. The summed E-state index contributed by atoms with van der Waals surface area (Å²) in [7, 11) is 0. The highest BCUT2D eigenvalue weighted by molar-refractivity contribution is 7.80. The Balaban J connectivity index is 1.54. The van der Waals surface area contributed by atoms with E-state index in [9.17, 15) is 13.2 Å². The molecule has 0 bridgehead atoms. The molecule has 3 N–H and O–H groups in total. The predicted molar refractivity (Wildman–Crippen MR) is 103 cm³/mol. The van der Waals surface area contributed by atoms with E-state index in [1.807, 2.05) is 12.1 Å². The fraction of sp³-hybridized carbons (Fsp3) is 0.421. The molecule has 1 saturated heterocycles. The number of likely N-dealkylation sites (tertiary alicyclic amines) is 1. The van der Waals surface area contributed by atoms with Crippen LogP contribution in [0.2, 0.25) is 0 Å². The minimum Gasteiger partial charge on any atom is -0.463 e. The second-order valence-electron chi connectivity index (χ2n) is 6.69. The highest BCUT2D eigenvalue weighted by Gasteiger charge is 2.31. The molecule has 1 fully saturated rings. The number of benzene rings is 1. The zero-order chi connectivity index (χ0) is 20.0. The summed E-state index contributed by atoms with van der Waals surface area (Å²) in [6.07, 6.45) is 0.620. The fourth-order valence-corrected chi connectivity index (χ4v) is 3.60. The summed E-state index contributed by atoms with van der Waals surface area (Å²) in [6.45, 7) is 2.78. The van der Waals surface area contributed by atoms with Crippen LogP contribution in [0.15, 0.2) is 47.1 Å². The van der Waals surface area contributed by atoms with Crippen molar-refractivity contribution in [1.29, 1.82) is 0 Å². The standard InChI is InChI=1S/C19H22F3N3O2S/c20-19(21,22)27-15-8-6-14(7-9-15)24-18(28)23-13-16(17-5-4-12-26-17)25-10-2-1-3-11-25/h4-9,12,16H,1-3,10-11,13H2,(H2,23,24,28)/p+1/t16-/m1/s1. The average molecular weight is 414 g/mol. The number of anilines is 1. The van der Waals surface area contributed by atoms with Crippen molar-refractivity contribution < 1.29 is 27.2 Å². The molecule has 3 rings (SSSR count). The third kappa shape index (κ3) is 6.13. The Hall–Kier alpha value is -2.26. The highest BCUT2D eigenvalue weighted by atomic mass is 32.1. The third-order valence-electron chi connectivity index (χ3n) is 4.69. The van der Waals surface area contributed by atoms with Gasteiger partial charge in [-0.1, -0.05) is 0 Å². The first-order valence-electron chi connectivity index (χ1n) is 9.19. The topological polar surface area (TPSA) is 50.9 Å². The number of halogens is 3. The highest BCUT2D eigenvalue weighted by Crippen LogP contribution is 2.24. The number of rotatable bonds is 6. The molecule has 0 radical (unpaired) electrons. The summed E-state index contributed by atoms with van der Waals surface area (Å²) in [5.41, 5.74) is 0.576. The Bertz CT molecular complexity index is 745. The van der Waals surface area contributed by atoms with Gasteiger partial charge in [0.25, 0.3) is 0 Å². The smallest absolute Gasteiger partial charge is 0.463 e. The fourth-order valence-electron chi connectivity index (χ4n) is 3.40. The van der Waals surface area contributed by atoms with E-state index in [1.165, 1.54) is 48.4 Å². The maximum atomic E-state index is 12.2. The van der Waals surface area contributed by atoms with Crippen molar-refractivity contribution in [2.45, 2.75) is 31.7 Å². The number of furan rings is 1. The van der Waals surface area contributed by atoms with Crippen molar-refractivity contribution in [2.24, 2.45) is 0 Å². The molecule has 1 aliphatic rings. The molecule has 28 heavy (non-hydrogen) atoms. The van der Waals surface area contributed by atoms with Crippen molar-refractivity contribution in [2.75, 3.05) is 25.0 Å². The van der Waals surface area contributed by atoms with Gasteiger partial charge in [-0.05, 0) is 67.9 Å². The Morgan fingerprint density at radius 2 is 1.86 bits per heavy atom. The van der Waals surface area contributed by atoms with Gasteiger partial charge >= 0.3 is 6.36 Å². The number of thiocarbonyl (C=S) groups is 1. The van der Waals surface area contributed by atoms with Gasteiger partial charge < -0.3 is 24.7 Å². The second-order valence-corrected chi connectivity index (χ2v) is 7.10. The van der Waals surface area contributed by atoms with E-state index in [0.717, 1.165) is 18.8 Å². The van der Waals surface area contributed by atoms with E-state index in [2.05, 4.69) is 15.4 Å². The lowest BCUT2D eigenvalue weighted by atomic mass is 10.1. The van der Waals surface area contributed by atoms with Crippen LogP contribution in [0.25, 0.3) is 0 Å². The van der Waals surface area contributed by atoms with Crippen LogP contribution in [0.4, 0.5) is 18.9 Å². The largest absolute Gasteiger partial charge is 0.573 e. The van der Waals surface area contributed by atoms with Crippen LogP contribution in [0.3, 0.4) is 0 Å². The molecule has 2 heterocycles. The summed E-state index contributed by atoms with van der Waals surface area (Å²) >= 11 is 5.33. The Morgan fingerprint density at radius 1 is 1.14 bits per heavy atom. The van der Waals surface area contributed by atoms with Crippen molar-refractivity contribution in [1.82, 2.24) is 5.32 Å². The second kappa shape index (κ2) is 9.29. The maximum Gasteiger partial charge on any atom is 0.573 e. The van der Waals surface area contributed by atoms with E-state index in [0.29, 0.717) is 17.3 Å². The van der Waals surface area contributed by atoms with Crippen LogP contribution in [-0.2, 0) is 0 Å². The van der Waals surface area contributed by atoms with Crippen LogP contribution in [0, 0.1) is 0 Å². The summed E-state index contributed by atoms with van der Waals surface area (Å²) in [5.74, 6) is 0.643. The Morgan fingerprint density at radius 3 is 2.46 bits per heavy atom. The Labute approximate surface area is 166 Å². The van der Waals surface area contributed by atoms with Gasteiger partial charge in [-0.2, -0.15) is 0 Å². The number of nitrogens with one attached hydrogen (secondary N) is 3. The van der Waals surface area contributed by atoms with E-state index < -0.39 is 6.36 Å². The molecule has 1 aliphatic heterocycles. The maximum absolute atomic E-state index is 12.2. The van der Waals surface area contributed by atoms with Gasteiger partial charge in [-0.15, -0.1) is 13.2 Å². The van der Waals surface area contributed by atoms with Gasteiger partial charge in [0.15, 0.2) is 16.9 Å². The van der Waals surface area contributed by atoms with Crippen molar-refractivity contribution >= 4 is 23.0 Å². The molecule has 0 spiro atoms. The normalized spacial score (nSPS) is 16.4. The molecule has 0 amide bonds. The van der Waals surface area contributed by atoms with E-state index in [1.54, 1.807) is 6.26 Å². The monoisotopic (exact) mass is 414 g/mol. The molecular formula is C19H23F3N3O2S+. The van der Waals surface area contributed by atoms with Gasteiger partial charge in [-0.25, -0.2) is 0 Å². The first kappa shape index (κ1) is 20.5. The summed E-state index contributed by atoms with van der Waals surface area (Å²) in [6, 6.07) is 9.45. The molecule has 152 valence electrons. The number of alkyl halides is 3. The molecule has 0 aliphatic carbocycles. The molecule has 0 saturated carbocycles. The lowest BCUT2D eigenvalue weighted by Crippen LogP contribution is -3.13. The van der Waals surface area contributed by atoms with Crippen molar-refractivity contribution in [3.8, 4) is 5.75 Å². The number of quaternary nitrogens is 1. The quantitative estimate of drug-likeness (QED) is 0.634. The molecule has 1 aromatic carbocycles. The molecule has 0 unspecified atom stereocenters. The molecule has 9 heteroatoms. The zero-order valence-electron chi connectivity index (χ0n) is 15.2.